The number of nitrogen functional groups attached to an aromatic ring is 1. The largest absolute Gasteiger partial charge is 0.399 e. The van der Waals surface area contributed by atoms with E-state index in [4.69, 9.17) is 10.8 Å². The molecule has 1 atom stereocenters. The zero-order valence-electron chi connectivity index (χ0n) is 9.92. The summed E-state index contributed by atoms with van der Waals surface area (Å²) in [7, 11) is 0. The molecule has 2 rings (SSSR count). The minimum absolute atomic E-state index is 0.176. The average Bonchev–Trinajstić information content (AvgIpc) is 3.15. The summed E-state index contributed by atoms with van der Waals surface area (Å²) in [4.78, 5) is 2.23. The molecule has 1 aromatic carbocycles. The van der Waals surface area contributed by atoms with Crippen molar-refractivity contribution in [1.82, 2.24) is 4.90 Å². The minimum atomic E-state index is -0.649. The van der Waals surface area contributed by atoms with Gasteiger partial charge >= 0.3 is 0 Å². The average molecular weight is 236 g/mol. The fourth-order valence-corrected chi connectivity index (χ4v) is 1.97. The van der Waals surface area contributed by atoms with E-state index in [1.165, 1.54) is 18.4 Å². The van der Waals surface area contributed by atoms with E-state index < -0.39 is 6.10 Å². The quantitative estimate of drug-likeness (QED) is 0.632. The molecule has 94 valence electrons. The number of hydrogen-bond donors (Lipinski definition) is 3. The molecule has 1 unspecified atom stereocenters. The van der Waals surface area contributed by atoms with Crippen LogP contribution in [0, 0.1) is 0 Å². The van der Waals surface area contributed by atoms with Crippen molar-refractivity contribution in [3.8, 4) is 0 Å². The Hall–Kier alpha value is -1.10. The third-order valence-corrected chi connectivity index (χ3v) is 3.08. The molecule has 0 spiro atoms. The van der Waals surface area contributed by atoms with Gasteiger partial charge in [-0.1, -0.05) is 12.1 Å². The van der Waals surface area contributed by atoms with E-state index in [0.717, 1.165) is 12.2 Å². The van der Waals surface area contributed by atoms with E-state index in [2.05, 4.69) is 4.90 Å². The lowest BCUT2D eigenvalue weighted by atomic mass is 10.2. The number of hydrogen-bond acceptors (Lipinski definition) is 4. The van der Waals surface area contributed by atoms with Crippen LogP contribution < -0.4 is 5.73 Å². The van der Waals surface area contributed by atoms with E-state index in [9.17, 15) is 5.11 Å². The van der Waals surface area contributed by atoms with Crippen LogP contribution in [0.2, 0.25) is 0 Å². The zero-order chi connectivity index (χ0) is 12.3. The van der Waals surface area contributed by atoms with Crippen LogP contribution in [0.15, 0.2) is 24.3 Å². The smallest absolute Gasteiger partial charge is 0.0897 e. The molecule has 4 N–H and O–H groups in total. The molecule has 0 radical (unpaired) electrons. The van der Waals surface area contributed by atoms with Gasteiger partial charge < -0.3 is 15.9 Å². The van der Waals surface area contributed by atoms with Crippen LogP contribution in [-0.4, -0.2) is 40.4 Å². The lowest BCUT2D eigenvalue weighted by Crippen LogP contribution is -2.35. The standard InChI is InChI=1S/C13H20N2O2/c14-11-3-1-10(2-4-11)7-15(12-5-6-12)8-13(17)9-16/h1-4,12-13,16-17H,5-9,14H2. The molecule has 1 saturated carbocycles. The lowest BCUT2D eigenvalue weighted by Gasteiger charge is -2.24. The molecule has 1 aromatic rings. The van der Waals surface area contributed by atoms with Gasteiger partial charge in [0.25, 0.3) is 0 Å². The van der Waals surface area contributed by atoms with Crippen LogP contribution in [0.1, 0.15) is 18.4 Å². The molecule has 0 aliphatic heterocycles. The van der Waals surface area contributed by atoms with Gasteiger partial charge in [-0.15, -0.1) is 0 Å². The second-order valence-electron chi connectivity index (χ2n) is 4.74. The van der Waals surface area contributed by atoms with Gasteiger partial charge in [0.2, 0.25) is 0 Å². The lowest BCUT2D eigenvalue weighted by molar-refractivity contribution is 0.0540. The van der Waals surface area contributed by atoms with Crippen LogP contribution in [0.5, 0.6) is 0 Å². The number of aliphatic hydroxyl groups excluding tert-OH is 2. The van der Waals surface area contributed by atoms with Crippen molar-refractivity contribution in [1.29, 1.82) is 0 Å². The highest BCUT2D eigenvalue weighted by atomic mass is 16.3. The van der Waals surface area contributed by atoms with E-state index in [1.807, 2.05) is 24.3 Å². The van der Waals surface area contributed by atoms with E-state index in [0.29, 0.717) is 12.6 Å². The molecular weight excluding hydrogens is 216 g/mol. The molecular formula is C13H20N2O2. The highest BCUT2D eigenvalue weighted by Crippen LogP contribution is 2.28. The van der Waals surface area contributed by atoms with Crippen molar-refractivity contribution in [3.63, 3.8) is 0 Å². The Morgan fingerprint density at radius 3 is 2.47 bits per heavy atom. The molecule has 4 heteroatoms. The van der Waals surface area contributed by atoms with Gasteiger partial charge in [0.15, 0.2) is 0 Å². The Labute approximate surface area is 102 Å². The summed E-state index contributed by atoms with van der Waals surface area (Å²) < 4.78 is 0. The number of nitrogens with two attached hydrogens (primary N) is 1. The first kappa shape index (κ1) is 12.4. The highest BCUT2D eigenvalue weighted by Gasteiger charge is 2.29. The van der Waals surface area contributed by atoms with Gasteiger partial charge in [0.05, 0.1) is 12.7 Å². The number of benzene rings is 1. The summed E-state index contributed by atoms with van der Waals surface area (Å²) in [5.74, 6) is 0. The first-order valence-corrected chi connectivity index (χ1v) is 6.06. The maximum atomic E-state index is 9.52. The molecule has 1 aliphatic carbocycles. The fraction of sp³-hybridized carbons (Fsp3) is 0.538. The van der Waals surface area contributed by atoms with Gasteiger partial charge in [-0.25, -0.2) is 0 Å². The molecule has 0 saturated heterocycles. The molecule has 1 fully saturated rings. The summed E-state index contributed by atoms with van der Waals surface area (Å²) in [6, 6.07) is 8.37. The topological polar surface area (TPSA) is 69.7 Å². The van der Waals surface area contributed by atoms with Gasteiger partial charge in [-0.2, -0.15) is 0 Å². The maximum absolute atomic E-state index is 9.52. The molecule has 0 heterocycles. The van der Waals surface area contributed by atoms with Crippen molar-refractivity contribution in [2.75, 3.05) is 18.9 Å². The van der Waals surface area contributed by atoms with Crippen molar-refractivity contribution in [3.05, 3.63) is 29.8 Å². The molecule has 17 heavy (non-hydrogen) atoms. The second kappa shape index (κ2) is 5.49. The highest BCUT2D eigenvalue weighted by molar-refractivity contribution is 5.39. The predicted molar refractivity (Wildman–Crippen MR) is 67.4 cm³/mol. The Morgan fingerprint density at radius 2 is 1.94 bits per heavy atom. The van der Waals surface area contributed by atoms with Crippen molar-refractivity contribution < 1.29 is 10.2 Å². The molecule has 0 aromatic heterocycles. The van der Waals surface area contributed by atoms with E-state index >= 15 is 0 Å². The van der Waals surface area contributed by atoms with Crippen LogP contribution in [0.25, 0.3) is 0 Å². The zero-order valence-corrected chi connectivity index (χ0v) is 9.92. The SMILES string of the molecule is Nc1ccc(CN(CC(O)CO)C2CC2)cc1. The van der Waals surface area contributed by atoms with Crippen molar-refractivity contribution in [2.45, 2.75) is 31.5 Å². The summed E-state index contributed by atoms with van der Waals surface area (Å²) in [5.41, 5.74) is 7.60. The Bertz CT molecular complexity index is 349. The molecule has 1 aliphatic rings. The normalized spacial score (nSPS) is 17.4. The van der Waals surface area contributed by atoms with Crippen molar-refractivity contribution in [2.24, 2.45) is 0 Å². The summed E-state index contributed by atoms with van der Waals surface area (Å²) in [5, 5.41) is 18.4. The third-order valence-electron chi connectivity index (χ3n) is 3.08. The monoisotopic (exact) mass is 236 g/mol. The Kier molecular flexibility index (Phi) is 3.99. The van der Waals surface area contributed by atoms with E-state index in [1.54, 1.807) is 0 Å². The van der Waals surface area contributed by atoms with Crippen LogP contribution in [-0.2, 0) is 6.54 Å². The first-order valence-electron chi connectivity index (χ1n) is 6.06. The Morgan fingerprint density at radius 1 is 1.29 bits per heavy atom. The minimum Gasteiger partial charge on any atom is -0.399 e. The van der Waals surface area contributed by atoms with Crippen LogP contribution in [0.4, 0.5) is 5.69 Å². The number of rotatable bonds is 6. The molecule has 0 amide bonds. The van der Waals surface area contributed by atoms with E-state index in [-0.39, 0.29) is 6.61 Å². The van der Waals surface area contributed by atoms with Gasteiger partial charge in [-0.3, -0.25) is 4.90 Å². The van der Waals surface area contributed by atoms with Gasteiger partial charge in [0.1, 0.15) is 0 Å². The third kappa shape index (κ3) is 3.70. The summed E-state index contributed by atoms with van der Waals surface area (Å²) >= 11 is 0. The predicted octanol–water partition coefficient (Wildman–Crippen LogP) is 0.586. The van der Waals surface area contributed by atoms with Crippen LogP contribution >= 0.6 is 0 Å². The summed E-state index contributed by atoms with van der Waals surface area (Å²) in [6.45, 7) is 1.17. The van der Waals surface area contributed by atoms with Gasteiger partial charge in [-0.05, 0) is 30.5 Å². The maximum Gasteiger partial charge on any atom is 0.0897 e. The van der Waals surface area contributed by atoms with Crippen LogP contribution in [0.3, 0.4) is 0 Å². The number of anilines is 1. The number of aliphatic hydroxyl groups is 2. The number of nitrogens with zero attached hydrogens (tertiary/aromatic N) is 1. The van der Waals surface area contributed by atoms with Gasteiger partial charge in [0, 0.05) is 24.8 Å². The first-order chi connectivity index (χ1) is 8.19. The summed E-state index contributed by atoms with van der Waals surface area (Å²) in [6.07, 6.45) is 1.73. The second-order valence-corrected chi connectivity index (χ2v) is 4.74. The molecule has 0 bridgehead atoms. The molecule has 4 nitrogen and oxygen atoms in total. The Balaban J connectivity index is 1.95. The van der Waals surface area contributed by atoms with Crippen molar-refractivity contribution >= 4 is 5.69 Å². The fourth-order valence-electron chi connectivity index (χ4n) is 1.97.